The Morgan fingerprint density at radius 1 is 1.10 bits per heavy atom. The number of methoxy groups -OCH3 is 1. The monoisotopic (exact) mass is 585 g/mol. The van der Waals surface area contributed by atoms with Gasteiger partial charge in [0, 0.05) is 28.4 Å². The van der Waals surface area contributed by atoms with E-state index in [4.69, 9.17) is 26.1 Å². The lowest BCUT2D eigenvalue weighted by Gasteiger charge is -2.43. The van der Waals surface area contributed by atoms with Gasteiger partial charge in [-0.2, -0.15) is 0 Å². The number of benzene rings is 1. The Kier molecular flexibility index (Phi) is 9.75. The summed E-state index contributed by atoms with van der Waals surface area (Å²) in [7, 11) is 5.80. The van der Waals surface area contributed by atoms with Crippen molar-refractivity contribution in [2.45, 2.75) is 94.5 Å². The molecule has 3 unspecified atom stereocenters. The number of carbonyl (C=O) groups excluding carboxylic acids is 1. The van der Waals surface area contributed by atoms with E-state index in [1.807, 2.05) is 41.9 Å². The molecule has 0 spiro atoms. The molecule has 6 nitrogen and oxygen atoms in total. The van der Waals surface area contributed by atoms with Crippen molar-refractivity contribution >= 4 is 35.4 Å². The fourth-order valence-corrected chi connectivity index (χ4v) is 8.54. The van der Waals surface area contributed by atoms with E-state index in [0.29, 0.717) is 35.4 Å². The van der Waals surface area contributed by atoms with Gasteiger partial charge in [0.05, 0.1) is 19.5 Å². The summed E-state index contributed by atoms with van der Waals surface area (Å²) < 4.78 is 11.2. The molecule has 2 aromatic rings. The largest absolute Gasteiger partial charge is 0.510 e. The van der Waals surface area contributed by atoms with Crippen LogP contribution in [0.3, 0.4) is 0 Å². The van der Waals surface area contributed by atoms with Crippen LogP contribution >= 0.6 is 22.9 Å². The normalized spacial score (nSPS) is 28.1. The van der Waals surface area contributed by atoms with E-state index >= 15 is 0 Å². The lowest BCUT2D eigenvalue weighted by atomic mass is 9.74. The molecular weight excluding hydrogens is 542 g/mol. The summed E-state index contributed by atoms with van der Waals surface area (Å²) in [5, 5.41) is 2.89. The maximum absolute atomic E-state index is 12.7. The standard InChI is InChI=1S/C32H44ClN3O3S/c1-35(2)30(28-10-7-19-40-28)25-15-11-23(12-16-25)20-29-32(39-31(37)38-3,21-24-13-17-26(33)18-14-24)34-22-36(29)27-8-5-4-6-9-27/h7,10,13-14,17-19,22-23,25,27,29-30H,4-6,8-9,11-12,15-16,20-21H2,1-3H3. The summed E-state index contributed by atoms with van der Waals surface area (Å²) >= 11 is 8.06. The van der Waals surface area contributed by atoms with Crippen LogP contribution in [0.4, 0.5) is 4.79 Å². The summed E-state index contributed by atoms with van der Waals surface area (Å²) in [6.07, 6.45) is 13.7. The minimum absolute atomic E-state index is 0.0196. The number of ether oxygens (including phenoxy) is 2. The van der Waals surface area contributed by atoms with Gasteiger partial charge in [-0.15, -0.1) is 11.3 Å². The van der Waals surface area contributed by atoms with Crippen molar-refractivity contribution in [1.82, 2.24) is 9.80 Å². The highest BCUT2D eigenvalue weighted by Gasteiger charge is 2.51. The van der Waals surface area contributed by atoms with E-state index in [1.54, 1.807) is 0 Å². The molecule has 5 rings (SSSR count). The molecule has 0 N–H and O–H groups in total. The van der Waals surface area contributed by atoms with Gasteiger partial charge in [-0.3, -0.25) is 0 Å². The summed E-state index contributed by atoms with van der Waals surface area (Å²) in [5.41, 5.74) is 0.0349. The Hall–Kier alpha value is -2.09. The van der Waals surface area contributed by atoms with Crippen LogP contribution in [0.1, 0.15) is 80.7 Å². The predicted octanol–water partition coefficient (Wildman–Crippen LogP) is 7.97. The third-order valence-electron chi connectivity index (χ3n) is 9.37. The van der Waals surface area contributed by atoms with Gasteiger partial charge in [-0.25, -0.2) is 9.79 Å². The maximum Gasteiger partial charge on any atom is 0.510 e. The van der Waals surface area contributed by atoms with Gasteiger partial charge in [0.1, 0.15) is 0 Å². The van der Waals surface area contributed by atoms with Crippen LogP contribution in [0.2, 0.25) is 5.02 Å². The number of carbonyl (C=O) groups is 1. The quantitative estimate of drug-likeness (QED) is 0.279. The van der Waals surface area contributed by atoms with Crippen LogP contribution in [0.25, 0.3) is 0 Å². The van der Waals surface area contributed by atoms with E-state index in [1.165, 1.54) is 56.9 Å². The van der Waals surface area contributed by atoms with E-state index in [-0.39, 0.29) is 6.04 Å². The van der Waals surface area contributed by atoms with Crippen molar-refractivity contribution in [1.29, 1.82) is 0 Å². The lowest BCUT2D eigenvalue weighted by molar-refractivity contribution is -0.0636. The Morgan fingerprint density at radius 2 is 1.82 bits per heavy atom. The predicted molar refractivity (Wildman–Crippen MR) is 163 cm³/mol. The first-order valence-corrected chi connectivity index (χ1v) is 16.2. The molecule has 2 saturated carbocycles. The molecule has 2 heterocycles. The summed E-state index contributed by atoms with van der Waals surface area (Å²) in [5.74, 6) is 1.22. The van der Waals surface area contributed by atoms with Gasteiger partial charge >= 0.3 is 6.16 Å². The Labute approximate surface area is 248 Å². The molecular formula is C32H44ClN3O3S. The van der Waals surface area contributed by atoms with Crippen molar-refractivity contribution in [3.05, 3.63) is 57.2 Å². The van der Waals surface area contributed by atoms with Gasteiger partial charge in [0.15, 0.2) is 0 Å². The SMILES string of the molecule is COC(=O)OC1(Cc2ccc(Cl)cc2)N=CN(C2CCCCC2)C1CC1CCC(C(c2cccs2)N(C)C)CC1. The van der Waals surface area contributed by atoms with Crippen LogP contribution in [-0.4, -0.2) is 61.3 Å². The Balaban J connectivity index is 1.37. The highest BCUT2D eigenvalue weighted by Crippen LogP contribution is 2.45. The minimum Gasteiger partial charge on any atom is -0.438 e. The Bertz CT molecular complexity index is 1110. The van der Waals surface area contributed by atoms with Crippen molar-refractivity contribution < 1.29 is 14.3 Å². The fourth-order valence-electron chi connectivity index (χ4n) is 7.40. The fraction of sp³-hybridized carbons (Fsp3) is 0.625. The van der Waals surface area contributed by atoms with Crippen molar-refractivity contribution in [3.8, 4) is 0 Å². The van der Waals surface area contributed by atoms with Crippen LogP contribution in [0.5, 0.6) is 0 Å². The van der Waals surface area contributed by atoms with Gasteiger partial charge in [-0.1, -0.05) is 61.9 Å². The van der Waals surface area contributed by atoms with E-state index < -0.39 is 11.9 Å². The molecule has 1 aliphatic heterocycles. The molecule has 0 saturated heterocycles. The lowest BCUT2D eigenvalue weighted by Crippen LogP contribution is -2.54. The molecule has 0 bridgehead atoms. The molecule has 3 aliphatic rings. The van der Waals surface area contributed by atoms with Gasteiger partial charge in [0.25, 0.3) is 0 Å². The molecule has 1 aromatic heterocycles. The number of rotatable bonds is 9. The first-order chi connectivity index (χ1) is 19.4. The van der Waals surface area contributed by atoms with Crippen LogP contribution in [0, 0.1) is 11.8 Å². The first kappa shape index (κ1) is 29.4. The molecule has 40 heavy (non-hydrogen) atoms. The summed E-state index contributed by atoms with van der Waals surface area (Å²) in [6.45, 7) is 0. The third kappa shape index (κ3) is 6.69. The van der Waals surface area contributed by atoms with Gasteiger partial charge in [-0.05, 0) is 87.2 Å². The maximum atomic E-state index is 12.7. The van der Waals surface area contributed by atoms with E-state index in [2.05, 4.69) is 41.4 Å². The number of thiophene rings is 1. The smallest absolute Gasteiger partial charge is 0.438 e. The second-order valence-electron chi connectivity index (χ2n) is 12.1. The molecule has 218 valence electrons. The first-order valence-electron chi connectivity index (χ1n) is 14.9. The second-order valence-corrected chi connectivity index (χ2v) is 13.6. The molecule has 0 amide bonds. The number of nitrogens with zero attached hydrogens (tertiary/aromatic N) is 3. The average Bonchev–Trinajstić information content (AvgIpc) is 3.60. The molecule has 1 aromatic carbocycles. The average molecular weight is 586 g/mol. The summed E-state index contributed by atoms with van der Waals surface area (Å²) in [6, 6.07) is 13.2. The van der Waals surface area contributed by atoms with Crippen LogP contribution in [-0.2, 0) is 15.9 Å². The number of aliphatic imine (C=N–C) groups is 1. The zero-order valence-electron chi connectivity index (χ0n) is 24.1. The number of hydrogen-bond donors (Lipinski definition) is 0. The highest BCUT2D eigenvalue weighted by atomic mass is 35.5. The van der Waals surface area contributed by atoms with Gasteiger partial charge in [0.2, 0.25) is 5.72 Å². The van der Waals surface area contributed by atoms with Crippen molar-refractivity contribution in [2.24, 2.45) is 16.8 Å². The van der Waals surface area contributed by atoms with Crippen LogP contribution in [0.15, 0.2) is 46.8 Å². The molecule has 0 radical (unpaired) electrons. The van der Waals surface area contributed by atoms with E-state index in [0.717, 1.165) is 24.8 Å². The van der Waals surface area contributed by atoms with Crippen molar-refractivity contribution in [2.75, 3.05) is 21.2 Å². The highest BCUT2D eigenvalue weighted by molar-refractivity contribution is 7.10. The van der Waals surface area contributed by atoms with Gasteiger partial charge < -0.3 is 19.3 Å². The third-order valence-corrected chi connectivity index (χ3v) is 10.6. The van der Waals surface area contributed by atoms with Crippen molar-refractivity contribution in [3.63, 3.8) is 0 Å². The molecule has 2 aliphatic carbocycles. The van der Waals surface area contributed by atoms with Crippen LogP contribution < -0.4 is 0 Å². The molecule has 3 atom stereocenters. The Morgan fingerprint density at radius 3 is 2.45 bits per heavy atom. The molecule has 8 heteroatoms. The summed E-state index contributed by atoms with van der Waals surface area (Å²) in [4.78, 5) is 24.0. The number of halogens is 1. The zero-order valence-corrected chi connectivity index (χ0v) is 25.7. The van der Waals surface area contributed by atoms with E-state index in [9.17, 15) is 4.79 Å². The zero-order chi connectivity index (χ0) is 28.1. The molecule has 2 fully saturated rings. The number of hydrogen-bond acceptors (Lipinski definition) is 7. The second kappa shape index (κ2) is 13.3. The topological polar surface area (TPSA) is 54.4 Å². The minimum atomic E-state index is -1.02.